The fourth-order valence-corrected chi connectivity index (χ4v) is 2.13. The highest BCUT2D eigenvalue weighted by atomic mass is 16.5. The zero-order valence-corrected chi connectivity index (χ0v) is 12.6. The van der Waals surface area contributed by atoms with Crippen molar-refractivity contribution in [2.45, 2.75) is 0 Å². The lowest BCUT2D eigenvalue weighted by Gasteiger charge is -2.07. The van der Waals surface area contributed by atoms with E-state index < -0.39 is 0 Å². The zero-order chi connectivity index (χ0) is 16.2. The minimum absolute atomic E-state index is 0.282. The SMILES string of the molecule is COc1cc(OC)nc(-c2cccc(-c3ccc(C=O)o3)c2)n1. The molecule has 0 unspecified atom stereocenters. The average molecular weight is 310 g/mol. The standard InChI is InChI=1S/C17H14N2O4/c1-21-15-9-16(22-2)19-17(18-15)12-5-3-4-11(8-12)14-7-6-13(10-20)23-14/h3-10H,1-2H3. The first kappa shape index (κ1) is 14.8. The van der Waals surface area contributed by atoms with Crippen molar-refractivity contribution in [1.29, 1.82) is 0 Å². The molecule has 0 amide bonds. The molecule has 0 saturated heterocycles. The van der Waals surface area contributed by atoms with Gasteiger partial charge in [-0.1, -0.05) is 18.2 Å². The molecule has 0 aliphatic rings. The molecule has 0 aliphatic heterocycles. The van der Waals surface area contributed by atoms with Crippen molar-refractivity contribution in [2.75, 3.05) is 14.2 Å². The Morgan fingerprint density at radius 2 is 1.65 bits per heavy atom. The minimum Gasteiger partial charge on any atom is -0.481 e. The number of benzene rings is 1. The summed E-state index contributed by atoms with van der Waals surface area (Å²) in [5.41, 5.74) is 1.60. The number of carbonyl (C=O) groups excluding carboxylic acids is 1. The Balaban J connectivity index is 2.04. The fourth-order valence-electron chi connectivity index (χ4n) is 2.13. The smallest absolute Gasteiger partial charge is 0.220 e. The third-order valence-electron chi connectivity index (χ3n) is 3.25. The monoisotopic (exact) mass is 310 g/mol. The van der Waals surface area contributed by atoms with Crippen molar-refractivity contribution in [3.05, 3.63) is 48.2 Å². The lowest BCUT2D eigenvalue weighted by atomic mass is 10.1. The van der Waals surface area contributed by atoms with Crippen LogP contribution < -0.4 is 9.47 Å². The molecular formula is C17H14N2O4. The first-order chi connectivity index (χ1) is 11.2. The maximum atomic E-state index is 10.7. The zero-order valence-electron chi connectivity index (χ0n) is 12.6. The molecule has 6 heteroatoms. The summed E-state index contributed by atoms with van der Waals surface area (Å²) in [6.45, 7) is 0. The second kappa shape index (κ2) is 6.31. The number of hydrogen-bond donors (Lipinski definition) is 0. The molecule has 6 nitrogen and oxygen atoms in total. The lowest BCUT2D eigenvalue weighted by molar-refractivity contribution is 0.110. The molecule has 0 aliphatic carbocycles. The van der Waals surface area contributed by atoms with Gasteiger partial charge in [0.1, 0.15) is 5.76 Å². The second-order valence-electron chi connectivity index (χ2n) is 4.68. The predicted molar refractivity (Wildman–Crippen MR) is 83.7 cm³/mol. The average Bonchev–Trinajstić information content (AvgIpc) is 3.10. The van der Waals surface area contributed by atoms with Crippen molar-refractivity contribution < 1.29 is 18.7 Å². The molecule has 0 fully saturated rings. The molecule has 23 heavy (non-hydrogen) atoms. The first-order valence-corrected chi connectivity index (χ1v) is 6.86. The Bertz CT molecular complexity index is 820. The largest absolute Gasteiger partial charge is 0.481 e. The summed E-state index contributed by atoms with van der Waals surface area (Å²) in [6.07, 6.45) is 0.670. The van der Waals surface area contributed by atoms with Gasteiger partial charge in [-0.3, -0.25) is 4.79 Å². The normalized spacial score (nSPS) is 10.3. The molecule has 2 aromatic heterocycles. The highest BCUT2D eigenvalue weighted by Gasteiger charge is 2.10. The van der Waals surface area contributed by atoms with Crippen molar-refractivity contribution >= 4 is 6.29 Å². The van der Waals surface area contributed by atoms with Crippen LogP contribution in [0.15, 0.2) is 46.9 Å². The van der Waals surface area contributed by atoms with Crippen LogP contribution in [0.5, 0.6) is 11.8 Å². The molecule has 3 rings (SSSR count). The number of carbonyl (C=O) groups is 1. The van der Waals surface area contributed by atoms with Gasteiger partial charge in [-0.05, 0) is 18.2 Å². The van der Waals surface area contributed by atoms with Gasteiger partial charge in [-0.25, -0.2) is 0 Å². The molecule has 3 aromatic rings. The van der Waals surface area contributed by atoms with E-state index in [1.165, 1.54) is 14.2 Å². The van der Waals surface area contributed by atoms with Crippen LogP contribution in [0.2, 0.25) is 0 Å². The number of nitrogens with zero attached hydrogens (tertiary/aromatic N) is 2. The van der Waals surface area contributed by atoms with Gasteiger partial charge in [0.2, 0.25) is 11.8 Å². The Kier molecular flexibility index (Phi) is 4.05. The Morgan fingerprint density at radius 1 is 0.957 bits per heavy atom. The fraction of sp³-hybridized carbons (Fsp3) is 0.118. The van der Waals surface area contributed by atoms with Gasteiger partial charge in [-0.2, -0.15) is 9.97 Å². The summed E-state index contributed by atoms with van der Waals surface area (Å²) in [5, 5.41) is 0. The summed E-state index contributed by atoms with van der Waals surface area (Å²) in [7, 11) is 3.07. The Morgan fingerprint density at radius 3 is 2.26 bits per heavy atom. The minimum atomic E-state index is 0.282. The summed E-state index contributed by atoms with van der Waals surface area (Å²) in [5.74, 6) is 2.19. The molecule has 0 atom stereocenters. The third kappa shape index (κ3) is 3.06. The topological polar surface area (TPSA) is 74.5 Å². The predicted octanol–water partition coefficient (Wildman–Crippen LogP) is 3.23. The number of furan rings is 1. The first-order valence-electron chi connectivity index (χ1n) is 6.86. The maximum Gasteiger partial charge on any atom is 0.220 e. The van der Waals surface area contributed by atoms with Crippen LogP contribution in [0, 0.1) is 0 Å². The van der Waals surface area contributed by atoms with Crippen LogP contribution >= 0.6 is 0 Å². The molecule has 0 N–H and O–H groups in total. The van der Waals surface area contributed by atoms with Gasteiger partial charge in [0.25, 0.3) is 0 Å². The van der Waals surface area contributed by atoms with Gasteiger partial charge in [0.05, 0.1) is 20.3 Å². The summed E-state index contributed by atoms with van der Waals surface area (Å²) in [4.78, 5) is 19.4. The van der Waals surface area contributed by atoms with Crippen molar-refractivity contribution in [2.24, 2.45) is 0 Å². The molecule has 0 radical (unpaired) electrons. The van der Waals surface area contributed by atoms with Crippen LogP contribution in [-0.4, -0.2) is 30.5 Å². The van der Waals surface area contributed by atoms with Gasteiger partial charge in [0, 0.05) is 11.1 Å². The number of ether oxygens (including phenoxy) is 2. The number of methoxy groups -OCH3 is 2. The number of aldehydes is 1. The molecule has 0 saturated carbocycles. The Hall–Kier alpha value is -3.15. The van der Waals surface area contributed by atoms with E-state index in [0.29, 0.717) is 29.6 Å². The number of rotatable bonds is 5. The summed E-state index contributed by atoms with van der Waals surface area (Å²) < 4.78 is 15.8. The molecular weight excluding hydrogens is 296 g/mol. The Labute approximate surface area is 132 Å². The summed E-state index contributed by atoms with van der Waals surface area (Å²) in [6, 6.07) is 12.5. The van der Waals surface area contributed by atoms with E-state index in [9.17, 15) is 4.79 Å². The number of hydrogen-bond acceptors (Lipinski definition) is 6. The molecule has 0 bridgehead atoms. The van der Waals surface area contributed by atoms with E-state index in [0.717, 1.165) is 11.1 Å². The van der Waals surface area contributed by atoms with Crippen molar-refractivity contribution in [3.8, 4) is 34.5 Å². The van der Waals surface area contributed by atoms with Crippen molar-refractivity contribution in [3.63, 3.8) is 0 Å². The van der Waals surface area contributed by atoms with E-state index in [1.54, 1.807) is 18.2 Å². The molecule has 2 heterocycles. The van der Waals surface area contributed by atoms with Gasteiger partial charge < -0.3 is 13.9 Å². The lowest BCUT2D eigenvalue weighted by Crippen LogP contribution is -1.97. The van der Waals surface area contributed by atoms with E-state index in [2.05, 4.69) is 9.97 Å². The second-order valence-corrected chi connectivity index (χ2v) is 4.68. The van der Waals surface area contributed by atoms with Crippen LogP contribution in [0.1, 0.15) is 10.6 Å². The molecule has 1 aromatic carbocycles. The van der Waals surface area contributed by atoms with Crippen molar-refractivity contribution in [1.82, 2.24) is 9.97 Å². The molecule has 0 spiro atoms. The van der Waals surface area contributed by atoms with Crippen LogP contribution in [0.25, 0.3) is 22.7 Å². The third-order valence-corrected chi connectivity index (χ3v) is 3.25. The number of aromatic nitrogens is 2. The summed E-state index contributed by atoms with van der Waals surface area (Å²) >= 11 is 0. The van der Waals surface area contributed by atoms with Crippen LogP contribution in [0.4, 0.5) is 0 Å². The van der Waals surface area contributed by atoms with E-state index >= 15 is 0 Å². The van der Waals surface area contributed by atoms with Gasteiger partial charge in [-0.15, -0.1) is 0 Å². The highest BCUT2D eigenvalue weighted by molar-refractivity contribution is 5.74. The van der Waals surface area contributed by atoms with Gasteiger partial charge >= 0.3 is 0 Å². The quantitative estimate of drug-likeness (QED) is 0.674. The van der Waals surface area contributed by atoms with Crippen LogP contribution in [-0.2, 0) is 0 Å². The van der Waals surface area contributed by atoms with E-state index in [-0.39, 0.29) is 5.76 Å². The van der Waals surface area contributed by atoms with Gasteiger partial charge in [0.15, 0.2) is 17.9 Å². The maximum absolute atomic E-state index is 10.7. The molecule has 116 valence electrons. The van der Waals surface area contributed by atoms with E-state index in [4.69, 9.17) is 13.9 Å². The van der Waals surface area contributed by atoms with Crippen LogP contribution in [0.3, 0.4) is 0 Å². The highest BCUT2D eigenvalue weighted by Crippen LogP contribution is 2.28. The van der Waals surface area contributed by atoms with E-state index in [1.807, 2.05) is 24.3 Å².